The van der Waals surface area contributed by atoms with Gasteiger partial charge in [-0.1, -0.05) is 25.5 Å². The topological polar surface area (TPSA) is 69.6 Å². The monoisotopic (exact) mass is 266 g/mol. The molecule has 0 bridgehead atoms. The van der Waals surface area contributed by atoms with E-state index < -0.39 is 11.5 Å². The van der Waals surface area contributed by atoms with Gasteiger partial charge in [-0.2, -0.15) is 0 Å². The number of carboxylic acid groups (broad SMARTS) is 1. The lowest BCUT2D eigenvalue weighted by Gasteiger charge is -2.35. The fraction of sp³-hybridized carbons (Fsp3) is 0.714. The van der Waals surface area contributed by atoms with Crippen LogP contribution in [0.4, 0.5) is 4.79 Å². The second-order valence-electron chi connectivity index (χ2n) is 5.43. The fourth-order valence-electron chi connectivity index (χ4n) is 3.16. The molecule has 1 heterocycles. The van der Waals surface area contributed by atoms with Crippen LogP contribution in [0.1, 0.15) is 45.4 Å². The molecule has 0 aromatic carbocycles. The van der Waals surface area contributed by atoms with Crippen LogP contribution in [0, 0.1) is 0 Å². The maximum atomic E-state index is 12.3. The van der Waals surface area contributed by atoms with Crippen molar-refractivity contribution in [1.29, 1.82) is 0 Å². The van der Waals surface area contributed by atoms with Crippen molar-refractivity contribution in [1.82, 2.24) is 10.2 Å². The van der Waals surface area contributed by atoms with E-state index in [0.717, 1.165) is 25.7 Å². The number of hydrogen-bond donors (Lipinski definition) is 2. The van der Waals surface area contributed by atoms with Crippen molar-refractivity contribution in [3.8, 4) is 0 Å². The first-order valence-electron chi connectivity index (χ1n) is 7.06. The van der Waals surface area contributed by atoms with Crippen molar-refractivity contribution in [3.63, 3.8) is 0 Å². The van der Waals surface area contributed by atoms with Crippen LogP contribution in [-0.4, -0.2) is 40.1 Å². The van der Waals surface area contributed by atoms with Crippen LogP contribution in [0.2, 0.25) is 0 Å². The average Bonchev–Trinajstić information content (AvgIpc) is 2.99. The molecule has 5 heteroatoms. The van der Waals surface area contributed by atoms with Crippen molar-refractivity contribution in [2.24, 2.45) is 0 Å². The van der Waals surface area contributed by atoms with E-state index in [1.807, 2.05) is 19.1 Å². The molecular formula is C14H22N2O3. The van der Waals surface area contributed by atoms with Crippen molar-refractivity contribution >= 4 is 12.0 Å². The van der Waals surface area contributed by atoms with Gasteiger partial charge in [0.15, 0.2) is 0 Å². The first-order chi connectivity index (χ1) is 9.10. The number of amides is 2. The Balaban J connectivity index is 2.07. The molecule has 0 saturated carbocycles. The third-order valence-corrected chi connectivity index (χ3v) is 4.13. The van der Waals surface area contributed by atoms with Crippen molar-refractivity contribution in [2.45, 2.75) is 57.0 Å². The zero-order chi connectivity index (χ0) is 13.9. The van der Waals surface area contributed by atoms with Gasteiger partial charge in [-0.25, -0.2) is 9.59 Å². The number of rotatable bonds is 4. The van der Waals surface area contributed by atoms with Crippen LogP contribution in [0.15, 0.2) is 12.2 Å². The summed E-state index contributed by atoms with van der Waals surface area (Å²) in [7, 11) is 0. The molecule has 1 fully saturated rings. The number of carbonyl (C=O) groups is 2. The Kier molecular flexibility index (Phi) is 4.12. The van der Waals surface area contributed by atoms with Gasteiger partial charge in [-0.3, -0.25) is 0 Å². The Bertz CT molecular complexity index is 386. The SMILES string of the molecule is CCCC1(C(=O)O)CCCN1C(=O)NC1CC=CC1. The van der Waals surface area contributed by atoms with Gasteiger partial charge < -0.3 is 15.3 Å². The highest BCUT2D eigenvalue weighted by atomic mass is 16.4. The Morgan fingerprint density at radius 3 is 2.68 bits per heavy atom. The maximum Gasteiger partial charge on any atom is 0.329 e. The summed E-state index contributed by atoms with van der Waals surface area (Å²) >= 11 is 0. The molecule has 2 rings (SSSR count). The summed E-state index contributed by atoms with van der Waals surface area (Å²) in [4.78, 5) is 25.5. The van der Waals surface area contributed by atoms with Crippen LogP contribution in [0.5, 0.6) is 0 Å². The molecule has 0 aromatic heterocycles. The molecule has 106 valence electrons. The minimum atomic E-state index is -0.995. The predicted octanol–water partition coefficient (Wildman–Crippen LogP) is 2.13. The number of likely N-dealkylation sites (tertiary alicyclic amines) is 1. The van der Waals surface area contributed by atoms with E-state index in [0.29, 0.717) is 19.4 Å². The summed E-state index contributed by atoms with van der Waals surface area (Å²) in [5.74, 6) is -0.869. The second kappa shape index (κ2) is 5.63. The van der Waals surface area contributed by atoms with Crippen LogP contribution in [-0.2, 0) is 4.79 Å². The lowest BCUT2D eigenvalue weighted by Crippen LogP contribution is -2.57. The average molecular weight is 266 g/mol. The third kappa shape index (κ3) is 2.60. The first kappa shape index (κ1) is 13.9. The third-order valence-electron chi connectivity index (χ3n) is 4.13. The number of carboxylic acids is 1. The second-order valence-corrected chi connectivity index (χ2v) is 5.43. The van der Waals surface area contributed by atoms with Gasteiger partial charge in [0.1, 0.15) is 5.54 Å². The minimum absolute atomic E-state index is 0.126. The van der Waals surface area contributed by atoms with E-state index >= 15 is 0 Å². The molecule has 1 aliphatic carbocycles. The highest BCUT2D eigenvalue weighted by molar-refractivity contribution is 5.87. The van der Waals surface area contributed by atoms with Gasteiger partial charge in [0, 0.05) is 12.6 Å². The van der Waals surface area contributed by atoms with Gasteiger partial charge >= 0.3 is 12.0 Å². The van der Waals surface area contributed by atoms with Crippen molar-refractivity contribution < 1.29 is 14.7 Å². The molecule has 1 aliphatic heterocycles. The smallest absolute Gasteiger partial charge is 0.329 e. The van der Waals surface area contributed by atoms with E-state index in [1.165, 1.54) is 4.90 Å². The molecule has 0 aromatic rings. The van der Waals surface area contributed by atoms with E-state index in [2.05, 4.69) is 5.32 Å². The van der Waals surface area contributed by atoms with Gasteiger partial charge in [0.25, 0.3) is 0 Å². The molecule has 2 aliphatic rings. The molecular weight excluding hydrogens is 244 g/mol. The van der Waals surface area contributed by atoms with Crippen LogP contribution < -0.4 is 5.32 Å². The molecule has 1 saturated heterocycles. The number of nitrogens with zero attached hydrogens (tertiary/aromatic N) is 1. The lowest BCUT2D eigenvalue weighted by atomic mass is 9.91. The quantitative estimate of drug-likeness (QED) is 0.766. The predicted molar refractivity (Wildman–Crippen MR) is 71.9 cm³/mol. The van der Waals surface area contributed by atoms with Gasteiger partial charge in [-0.15, -0.1) is 0 Å². The normalized spacial score (nSPS) is 26.9. The highest BCUT2D eigenvalue weighted by Gasteiger charge is 2.49. The fourth-order valence-corrected chi connectivity index (χ4v) is 3.16. The molecule has 0 radical (unpaired) electrons. The summed E-state index contributed by atoms with van der Waals surface area (Å²) in [6.07, 6.45) is 8.40. The largest absolute Gasteiger partial charge is 0.479 e. The van der Waals surface area contributed by atoms with E-state index in [-0.39, 0.29) is 12.1 Å². The summed E-state index contributed by atoms with van der Waals surface area (Å²) in [6, 6.07) is -0.0942. The van der Waals surface area contributed by atoms with Crippen LogP contribution in [0.3, 0.4) is 0 Å². The van der Waals surface area contributed by atoms with E-state index in [1.54, 1.807) is 0 Å². The minimum Gasteiger partial charge on any atom is -0.479 e. The zero-order valence-electron chi connectivity index (χ0n) is 11.4. The number of aliphatic carboxylic acids is 1. The summed E-state index contributed by atoms with van der Waals surface area (Å²) < 4.78 is 0. The Morgan fingerprint density at radius 2 is 2.11 bits per heavy atom. The maximum absolute atomic E-state index is 12.3. The standard InChI is InChI=1S/C14H22N2O3/c1-2-8-14(12(17)18)9-5-10-16(14)13(19)15-11-6-3-4-7-11/h3-4,11H,2,5-10H2,1H3,(H,15,19)(H,17,18). The Hall–Kier alpha value is -1.52. The number of carbonyl (C=O) groups excluding carboxylic acids is 1. The highest BCUT2D eigenvalue weighted by Crippen LogP contribution is 2.34. The first-order valence-corrected chi connectivity index (χ1v) is 7.06. The van der Waals surface area contributed by atoms with Crippen molar-refractivity contribution in [2.75, 3.05) is 6.54 Å². The van der Waals surface area contributed by atoms with Gasteiger partial charge in [0.05, 0.1) is 0 Å². The summed E-state index contributed by atoms with van der Waals surface area (Å²) in [5.41, 5.74) is -0.995. The molecule has 2 amide bonds. The lowest BCUT2D eigenvalue weighted by molar-refractivity contribution is -0.148. The Labute approximate surface area is 113 Å². The number of urea groups is 1. The van der Waals surface area contributed by atoms with E-state index in [9.17, 15) is 14.7 Å². The Morgan fingerprint density at radius 1 is 1.42 bits per heavy atom. The molecule has 0 spiro atoms. The van der Waals surface area contributed by atoms with E-state index in [4.69, 9.17) is 0 Å². The zero-order valence-corrected chi connectivity index (χ0v) is 11.4. The molecule has 5 nitrogen and oxygen atoms in total. The van der Waals surface area contributed by atoms with Gasteiger partial charge in [-0.05, 0) is 32.1 Å². The van der Waals surface area contributed by atoms with Crippen LogP contribution >= 0.6 is 0 Å². The summed E-state index contributed by atoms with van der Waals surface area (Å²) in [6.45, 7) is 2.50. The van der Waals surface area contributed by atoms with Crippen molar-refractivity contribution in [3.05, 3.63) is 12.2 Å². The molecule has 1 atom stereocenters. The molecule has 2 N–H and O–H groups in total. The molecule has 1 unspecified atom stereocenters. The summed E-state index contributed by atoms with van der Waals surface area (Å²) in [5, 5.41) is 12.5. The van der Waals surface area contributed by atoms with Gasteiger partial charge in [0.2, 0.25) is 0 Å². The number of hydrogen-bond acceptors (Lipinski definition) is 2. The van der Waals surface area contributed by atoms with Crippen LogP contribution in [0.25, 0.3) is 0 Å². The molecule has 19 heavy (non-hydrogen) atoms. The number of nitrogens with one attached hydrogen (secondary N) is 1.